The molecule has 1 aromatic heterocycles. The molecule has 3 rings (SSSR count). The molecule has 24 heavy (non-hydrogen) atoms. The molecular weight excluding hydrogens is 328 g/mol. The van der Waals surface area contributed by atoms with Crippen molar-refractivity contribution in [3.8, 4) is 28.5 Å². The largest absolute Gasteiger partial charge is 0.494 e. The molecule has 0 spiro atoms. The van der Waals surface area contributed by atoms with E-state index in [2.05, 4.69) is 5.10 Å². The highest BCUT2D eigenvalue weighted by molar-refractivity contribution is 6.30. The van der Waals surface area contributed by atoms with Gasteiger partial charge in [0.1, 0.15) is 17.2 Å². The molecule has 0 aliphatic rings. The molecule has 0 fully saturated rings. The Hall–Kier alpha value is -2.79. The molecule has 0 atom stereocenters. The zero-order valence-electron chi connectivity index (χ0n) is 13.2. The van der Waals surface area contributed by atoms with Crippen molar-refractivity contribution in [1.82, 2.24) is 9.78 Å². The second kappa shape index (κ2) is 6.76. The Morgan fingerprint density at radius 1 is 1.04 bits per heavy atom. The zero-order valence-corrected chi connectivity index (χ0v) is 13.9. The van der Waals surface area contributed by atoms with Crippen LogP contribution in [0.5, 0.6) is 17.2 Å². The van der Waals surface area contributed by atoms with Gasteiger partial charge in [0.25, 0.3) is 5.56 Å². The summed E-state index contributed by atoms with van der Waals surface area (Å²) in [6, 6.07) is 15.9. The van der Waals surface area contributed by atoms with Crippen LogP contribution in [0.25, 0.3) is 11.3 Å². The lowest BCUT2D eigenvalue weighted by Gasteiger charge is -2.13. The summed E-state index contributed by atoms with van der Waals surface area (Å²) in [6.07, 6.45) is 0. The van der Waals surface area contributed by atoms with Gasteiger partial charge < -0.3 is 9.47 Å². The molecule has 0 bridgehead atoms. The van der Waals surface area contributed by atoms with Crippen LogP contribution < -0.4 is 15.0 Å². The average Bonchev–Trinajstić information content (AvgIpc) is 2.59. The van der Waals surface area contributed by atoms with Gasteiger partial charge in [-0.25, -0.2) is 4.68 Å². The predicted molar refractivity (Wildman–Crippen MR) is 93.0 cm³/mol. The Morgan fingerprint density at radius 3 is 2.46 bits per heavy atom. The van der Waals surface area contributed by atoms with Crippen molar-refractivity contribution < 1.29 is 9.47 Å². The Morgan fingerprint density at radius 2 is 1.75 bits per heavy atom. The lowest BCUT2D eigenvalue weighted by molar-refractivity contribution is 0.409. The predicted octanol–water partition coefficient (Wildman–Crippen LogP) is 3.90. The van der Waals surface area contributed by atoms with Crippen LogP contribution in [-0.2, 0) is 7.05 Å². The number of rotatable bonds is 4. The van der Waals surface area contributed by atoms with Gasteiger partial charge in [-0.15, -0.1) is 0 Å². The van der Waals surface area contributed by atoms with Crippen molar-refractivity contribution in [3.63, 3.8) is 0 Å². The molecule has 1 heterocycles. The van der Waals surface area contributed by atoms with E-state index in [1.807, 2.05) is 24.3 Å². The van der Waals surface area contributed by atoms with E-state index in [0.29, 0.717) is 28.0 Å². The van der Waals surface area contributed by atoms with E-state index in [-0.39, 0.29) is 5.56 Å². The van der Waals surface area contributed by atoms with Crippen LogP contribution in [-0.4, -0.2) is 16.9 Å². The van der Waals surface area contributed by atoms with Crippen LogP contribution in [0, 0.1) is 0 Å². The number of methoxy groups -OCH3 is 1. The fourth-order valence-corrected chi connectivity index (χ4v) is 2.37. The van der Waals surface area contributed by atoms with Crippen molar-refractivity contribution in [2.24, 2.45) is 7.05 Å². The van der Waals surface area contributed by atoms with E-state index in [1.165, 1.54) is 17.9 Å². The SMILES string of the molecule is COc1cc(=O)n(C)nc1-c1ccccc1Oc1ccc(Cl)cc1. The monoisotopic (exact) mass is 342 g/mol. The lowest BCUT2D eigenvalue weighted by atomic mass is 10.1. The fourth-order valence-electron chi connectivity index (χ4n) is 2.25. The van der Waals surface area contributed by atoms with Gasteiger partial charge in [0.15, 0.2) is 5.75 Å². The van der Waals surface area contributed by atoms with Crippen LogP contribution in [0.1, 0.15) is 0 Å². The highest BCUT2D eigenvalue weighted by Gasteiger charge is 2.15. The summed E-state index contributed by atoms with van der Waals surface area (Å²) in [4.78, 5) is 11.8. The van der Waals surface area contributed by atoms with Gasteiger partial charge in [-0.2, -0.15) is 5.10 Å². The summed E-state index contributed by atoms with van der Waals surface area (Å²) < 4.78 is 12.5. The molecule has 0 radical (unpaired) electrons. The number of ether oxygens (including phenoxy) is 2. The van der Waals surface area contributed by atoms with Gasteiger partial charge in [-0.05, 0) is 36.4 Å². The number of para-hydroxylation sites is 1. The first-order chi connectivity index (χ1) is 11.6. The van der Waals surface area contributed by atoms with Crippen LogP contribution in [0.2, 0.25) is 5.02 Å². The van der Waals surface area contributed by atoms with Crippen molar-refractivity contribution in [2.75, 3.05) is 7.11 Å². The number of benzene rings is 2. The van der Waals surface area contributed by atoms with Crippen LogP contribution in [0.15, 0.2) is 59.4 Å². The second-order valence-corrected chi connectivity index (χ2v) is 5.51. The Kier molecular flexibility index (Phi) is 4.53. The van der Waals surface area contributed by atoms with E-state index >= 15 is 0 Å². The first kappa shape index (κ1) is 16.1. The van der Waals surface area contributed by atoms with Gasteiger partial charge in [-0.3, -0.25) is 4.79 Å². The quantitative estimate of drug-likeness (QED) is 0.721. The Labute approximate surface area is 144 Å². The Balaban J connectivity index is 2.08. The van der Waals surface area contributed by atoms with E-state index in [0.717, 1.165) is 5.56 Å². The number of halogens is 1. The smallest absolute Gasteiger partial charge is 0.270 e. The van der Waals surface area contributed by atoms with Gasteiger partial charge in [0.05, 0.1) is 7.11 Å². The molecular formula is C18H15ClN2O3. The van der Waals surface area contributed by atoms with Crippen molar-refractivity contribution in [1.29, 1.82) is 0 Å². The lowest BCUT2D eigenvalue weighted by Crippen LogP contribution is -2.19. The van der Waals surface area contributed by atoms with Crippen LogP contribution in [0.3, 0.4) is 0 Å². The standard InChI is InChI=1S/C18H15ClN2O3/c1-21-17(22)11-16(23-2)18(20-21)14-5-3-4-6-15(14)24-13-9-7-12(19)8-10-13/h3-11H,1-2H3. The number of aryl methyl sites for hydroxylation is 1. The van der Waals surface area contributed by atoms with Crippen molar-refractivity contribution in [3.05, 3.63) is 70.0 Å². The summed E-state index contributed by atoms with van der Waals surface area (Å²) >= 11 is 5.90. The first-order valence-electron chi connectivity index (χ1n) is 7.23. The van der Waals surface area contributed by atoms with Crippen molar-refractivity contribution in [2.45, 2.75) is 0 Å². The van der Waals surface area contributed by atoms with Crippen molar-refractivity contribution >= 4 is 11.6 Å². The third kappa shape index (κ3) is 3.26. The number of hydrogen-bond acceptors (Lipinski definition) is 4. The Bertz CT molecular complexity index is 920. The normalized spacial score (nSPS) is 10.5. The molecule has 5 nitrogen and oxygen atoms in total. The molecule has 0 amide bonds. The summed E-state index contributed by atoms with van der Waals surface area (Å²) in [5.41, 5.74) is 1.01. The maximum absolute atomic E-state index is 11.8. The molecule has 6 heteroatoms. The molecule has 0 saturated heterocycles. The van der Waals surface area contributed by atoms with Gasteiger partial charge >= 0.3 is 0 Å². The maximum Gasteiger partial charge on any atom is 0.270 e. The van der Waals surface area contributed by atoms with E-state index in [9.17, 15) is 4.79 Å². The van der Waals surface area contributed by atoms with E-state index in [1.54, 1.807) is 31.3 Å². The van der Waals surface area contributed by atoms with Gasteiger partial charge in [-0.1, -0.05) is 23.7 Å². The molecule has 2 aromatic carbocycles. The molecule has 0 aliphatic carbocycles. The van der Waals surface area contributed by atoms with Crippen LogP contribution >= 0.6 is 11.6 Å². The van der Waals surface area contributed by atoms with E-state index in [4.69, 9.17) is 21.1 Å². The molecule has 0 saturated carbocycles. The van der Waals surface area contributed by atoms with Gasteiger partial charge in [0, 0.05) is 23.7 Å². The number of aromatic nitrogens is 2. The summed E-state index contributed by atoms with van der Waals surface area (Å²) in [6.45, 7) is 0. The molecule has 0 aliphatic heterocycles. The topological polar surface area (TPSA) is 53.4 Å². The summed E-state index contributed by atoms with van der Waals surface area (Å²) in [5.74, 6) is 1.64. The minimum atomic E-state index is -0.244. The highest BCUT2D eigenvalue weighted by atomic mass is 35.5. The highest BCUT2D eigenvalue weighted by Crippen LogP contribution is 2.36. The minimum Gasteiger partial charge on any atom is -0.494 e. The first-order valence-corrected chi connectivity index (χ1v) is 7.61. The number of nitrogens with zero attached hydrogens (tertiary/aromatic N) is 2. The third-order valence-corrected chi connectivity index (χ3v) is 3.71. The third-order valence-electron chi connectivity index (χ3n) is 3.46. The van der Waals surface area contributed by atoms with Crippen LogP contribution in [0.4, 0.5) is 0 Å². The molecule has 3 aromatic rings. The molecule has 0 unspecified atom stereocenters. The maximum atomic E-state index is 11.8. The minimum absolute atomic E-state index is 0.244. The molecule has 0 N–H and O–H groups in total. The second-order valence-electron chi connectivity index (χ2n) is 5.08. The number of hydrogen-bond donors (Lipinski definition) is 0. The van der Waals surface area contributed by atoms with Gasteiger partial charge in [0.2, 0.25) is 0 Å². The zero-order chi connectivity index (χ0) is 17.1. The average molecular weight is 343 g/mol. The van der Waals surface area contributed by atoms with E-state index < -0.39 is 0 Å². The fraction of sp³-hybridized carbons (Fsp3) is 0.111. The molecule has 122 valence electrons. The summed E-state index contributed by atoms with van der Waals surface area (Å²) in [5, 5.41) is 4.94. The summed E-state index contributed by atoms with van der Waals surface area (Å²) in [7, 11) is 3.09.